The number of imidazole rings is 2. The molecule has 3 N–H and O–H groups in total. The van der Waals surface area contributed by atoms with Crippen molar-refractivity contribution in [2.45, 2.75) is 89.6 Å². The van der Waals surface area contributed by atoms with E-state index in [0.29, 0.717) is 30.4 Å². The van der Waals surface area contributed by atoms with Gasteiger partial charge in [-0.15, -0.1) is 0 Å². The molecule has 0 aliphatic carbocycles. The third kappa shape index (κ3) is 5.55. The number of ether oxygens (including phenoxy) is 3. The van der Waals surface area contributed by atoms with Gasteiger partial charge in [0, 0.05) is 6.42 Å². The number of rotatable bonds is 8. The van der Waals surface area contributed by atoms with Crippen LogP contribution in [0.4, 0.5) is 5.82 Å². The molecule has 2 aliphatic heterocycles. The molecule has 3 aromatic heterocycles. The summed E-state index contributed by atoms with van der Waals surface area (Å²) in [4.78, 5) is 20.7. The third-order valence-electron chi connectivity index (χ3n) is 7.72. The van der Waals surface area contributed by atoms with Crippen LogP contribution >= 0.6 is 0 Å². The largest absolute Gasteiger partial charge is 0.382 e. The number of nitrogen functional groups attached to an aromatic ring is 1. The van der Waals surface area contributed by atoms with Gasteiger partial charge < -0.3 is 24.9 Å². The summed E-state index contributed by atoms with van der Waals surface area (Å²) in [5.41, 5.74) is 10.1. The first-order chi connectivity index (χ1) is 19.3. The van der Waals surface area contributed by atoms with Crippen LogP contribution in [-0.2, 0) is 35.9 Å². The maximum atomic E-state index is 13.2. The molecule has 0 radical (unpaired) electrons. The summed E-state index contributed by atoms with van der Waals surface area (Å²) in [6, 6.07) is 6.29. The zero-order valence-corrected chi connectivity index (χ0v) is 24.8. The topological polar surface area (TPSA) is 160 Å². The van der Waals surface area contributed by atoms with Crippen molar-refractivity contribution >= 4 is 37.9 Å². The van der Waals surface area contributed by atoms with Crippen LogP contribution in [0.5, 0.6) is 0 Å². The zero-order valence-electron chi connectivity index (χ0n) is 24.0. The highest BCUT2D eigenvalue weighted by molar-refractivity contribution is 7.91. The van der Waals surface area contributed by atoms with Gasteiger partial charge in [-0.3, -0.25) is 4.57 Å². The molecule has 1 aromatic carbocycles. The van der Waals surface area contributed by atoms with E-state index in [4.69, 9.17) is 19.9 Å². The molecular formula is C28H37N7O5S. The number of hydrogen-bond donors (Lipinski definition) is 2. The van der Waals surface area contributed by atoms with Crippen molar-refractivity contribution in [1.29, 1.82) is 0 Å². The molecule has 220 valence electrons. The molecule has 5 heterocycles. The number of hydrogen-bond acceptors (Lipinski definition) is 10. The highest BCUT2D eigenvalue weighted by Gasteiger charge is 2.56. The fraction of sp³-hybridized carbons (Fsp3) is 0.571. The number of anilines is 1. The lowest BCUT2D eigenvalue weighted by Crippen LogP contribution is -2.35. The van der Waals surface area contributed by atoms with Gasteiger partial charge in [-0.05, 0) is 49.8 Å². The smallest absolute Gasteiger partial charge is 0.167 e. The number of aryl methyl sites for hydroxylation is 1. The molecule has 0 unspecified atom stereocenters. The van der Waals surface area contributed by atoms with Gasteiger partial charge in [0.15, 0.2) is 33.3 Å². The molecule has 4 aromatic rings. The Hall–Kier alpha value is -3.13. The summed E-state index contributed by atoms with van der Waals surface area (Å²) in [6.45, 7) is 10.2. The van der Waals surface area contributed by atoms with Crippen molar-refractivity contribution in [3.05, 3.63) is 42.2 Å². The van der Waals surface area contributed by atoms with Crippen LogP contribution in [-0.4, -0.2) is 73.5 Å². The number of nitrogens with zero attached hydrogens (tertiary/aromatic N) is 5. The normalized spacial score (nSPS) is 24.4. The molecule has 0 saturated carbocycles. The van der Waals surface area contributed by atoms with Crippen LogP contribution in [0.15, 0.2) is 30.9 Å². The fourth-order valence-electron chi connectivity index (χ4n) is 5.67. The molecule has 6 rings (SSSR count). The van der Waals surface area contributed by atoms with Gasteiger partial charge in [-0.25, -0.2) is 28.4 Å². The first-order valence-electron chi connectivity index (χ1n) is 13.9. The maximum Gasteiger partial charge on any atom is 0.167 e. The highest BCUT2D eigenvalue weighted by atomic mass is 32.2. The summed E-state index contributed by atoms with van der Waals surface area (Å²) in [5.74, 6) is 0.108. The van der Waals surface area contributed by atoms with E-state index in [-0.39, 0.29) is 22.7 Å². The van der Waals surface area contributed by atoms with Gasteiger partial charge in [0.2, 0.25) is 0 Å². The van der Waals surface area contributed by atoms with Crippen LogP contribution in [0.25, 0.3) is 22.2 Å². The summed E-state index contributed by atoms with van der Waals surface area (Å²) >= 11 is 0. The minimum Gasteiger partial charge on any atom is -0.382 e. The third-order valence-corrected chi connectivity index (χ3v) is 9.47. The SMILES string of the molecule is CC1(C)O[C@@H]2[C@H](O1)[C@@H](CS(=O)(=O)CCCCc1nc3ccc(C(C)(C)C)cc3[nH]1)O[C@H]2n1cnc2c(N)ncnc21. The van der Waals surface area contributed by atoms with Crippen molar-refractivity contribution in [2.75, 3.05) is 17.2 Å². The Balaban J connectivity index is 1.10. The second-order valence-electron chi connectivity index (χ2n) is 12.4. The standard InChI is InChI=1S/C28H37N7O5S/c1-27(2,3)16-9-10-17-18(12-16)34-20(33-17)8-6-7-11-41(36,37)13-19-22-23(40-28(4,5)39-22)26(38-19)35-15-32-21-24(29)30-14-31-25(21)35/h9-10,12,14-15,19,22-23,26H,6-8,11,13H2,1-5H3,(H,33,34)(H2,29,30,31)/t19-,22-,23-,26-/m1/s1. The monoisotopic (exact) mass is 583 g/mol. The number of H-pyrrole nitrogens is 1. The van der Waals surface area contributed by atoms with Gasteiger partial charge in [0.25, 0.3) is 0 Å². The molecular weight excluding hydrogens is 546 g/mol. The Morgan fingerprint density at radius 3 is 2.66 bits per heavy atom. The number of sulfone groups is 1. The first-order valence-corrected chi connectivity index (χ1v) is 15.8. The summed E-state index contributed by atoms with van der Waals surface area (Å²) in [7, 11) is -3.45. The predicted octanol–water partition coefficient (Wildman–Crippen LogP) is 3.44. The highest BCUT2D eigenvalue weighted by Crippen LogP contribution is 2.44. The molecule has 0 spiro atoms. The number of fused-ring (bicyclic) bond motifs is 3. The average Bonchev–Trinajstić information content (AvgIpc) is 3.63. The van der Waals surface area contributed by atoms with E-state index in [9.17, 15) is 8.42 Å². The van der Waals surface area contributed by atoms with Crippen molar-refractivity contribution in [1.82, 2.24) is 29.5 Å². The maximum absolute atomic E-state index is 13.2. The van der Waals surface area contributed by atoms with E-state index < -0.39 is 40.2 Å². The van der Waals surface area contributed by atoms with Crippen LogP contribution in [0, 0.1) is 0 Å². The average molecular weight is 584 g/mol. The number of unbranched alkanes of at least 4 members (excludes halogenated alkanes) is 1. The number of nitrogens with one attached hydrogen (secondary N) is 1. The van der Waals surface area contributed by atoms with Crippen LogP contribution < -0.4 is 5.73 Å². The first kappa shape index (κ1) is 28.0. The quantitative estimate of drug-likeness (QED) is 0.294. The molecule has 2 fully saturated rings. The second-order valence-corrected chi connectivity index (χ2v) is 14.7. The van der Waals surface area contributed by atoms with E-state index in [1.54, 1.807) is 10.9 Å². The molecule has 2 saturated heterocycles. The van der Waals surface area contributed by atoms with Crippen molar-refractivity contribution in [3.63, 3.8) is 0 Å². The van der Waals surface area contributed by atoms with Gasteiger partial charge in [-0.1, -0.05) is 26.8 Å². The zero-order chi connectivity index (χ0) is 29.2. The van der Waals surface area contributed by atoms with Crippen molar-refractivity contribution < 1.29 is 22.6 Å². The predicted molar refractivity (Wildman–Crippen MR) is 154 cm³/mol. The molecule has 0 amide bonds. The Kier molecular flexibility index (Phi) is 6.83. The van der Waals surface area contributed by atoms with E-state index >= 15 is 0 Å². The minimum absolute atomic E-state index is 0.0470. The number of aromatic amines is 1. The van der Waals surface area contributed by atoms with E-state index in [0.717, 1.165) is 16.9 Å². The Morgan fingerprint density at radius 2 is 1.88 bits per heavy atom. The Morgan fingerprint density at radius 1 is 1.10 bits per heavy atom. The van der Waals surface area contributed by atoms with Gasteiger partial charge in [-0.2, -0.15) is 0 Å². The summed E-state index contributed by atoms with van der Waals surface area (Å²) in [5, 5.41) is 0. The fourth-order valence-corrected chi connectivity index (χ4v) is 7.25. The lowest BCUT2D eigenvalue weighted by Gasteiger charge is -2.24. The molecule has 41 heavy (non-hydrogen) atoms. The minimum atomic E-state index is -3.45. The van der Waals surface area contributed by atoms with Crippen molar-refractivity contribution in [2.24, 2.45) is 0 Å². The number of nitrogens with two attached hydrogens (primary N) is 1. The molecule has 2 aliphatic rings. The molecule has 12 nitrogen and oxygen atoms in total. The van der Waals surface area contributed by atoms with E-state index in [1.807, 2.05) is 19.9 Å². The van der Waals surface area contributed by atoms with Gasteiger partial charge >= 0.3 is 0 Å². The van der Waals surface area contributed by atoms with Crippen LogP contribution in [0.1, 0.15) is 65.1 Å². The molecule has 0 bridgehead atoms. The van der Waals surface area contributed by atoms with Crippen LogP contribution in [0.2, 0.25) is 0 Å². The van der Waals surface area contributed by atoms with Crippen molar-refractivity contribution in [3.8, 4) is 0 Å². The lowest BCUT2D eigenvalue weighted by atomic mass is 9.87. The van der Waals surface area contributed by atoms with E-state index in [1.165, 1.54) is 11.9 Å². The number of aromatic nitrogens is 6. The summed E-state index contributed by atoms with van der Waals surface area (Å²) in [6.07, 6.45) is 2.32. The Bertz CT molecular complexity index is 1690. The van der Waals surface area contributed by atoms with E-state index in [2.05, 4.69) is 57.8 Å². The van der Waals surface area contributed by atoms with Crippen LogP contribution in [0.3, 0.4) is 0 Å². The molecule has 13 heteroatoms. The van der Waals surface area contributed by atoms with Gasteiger partial charge in [0.1, 0.15) is 36.0 Å². The number of benzene rings is 1. The summed E-state index contributed by atoms with van der Waals surface area (Å²) < 4.78 is 46.7. The van der Waals surface area contributed by atoms with Gasteiger partial charge in [0.05, 0.1) is 28.9 Å². The second kappa shape index (κ2) is 10.0. The molecule has 4 atom stereocenters. The Labute approximate surface area is 238 Å². The lowest BCUT2D eigenvalue weighted by molar-refractivity contribution is -0.193.